The number of carbonyl (C=O) groups is 1. The highest BCUT2D eigenvalue weighted by Crippen LogP contribution is 2.39. The Morgan fingerprint density at radius 2 is 2.12 bits per heavy atom. The minimum Gasteiger partial charge on any atom is -0.397 e. The minimum absolute atomic E-state index is 0.104. The van der Waals surface area contributed by atoms with Gasteiger partial charge in [0.2, 0.25) is 0 Å². The molecule has 1 atom stereocenters. The smallest absolute Gasteiger partial charge is 0.263 e. The topological polar surface area (TPSA) is 77.2 Å². The third-order valence-corrected chi connectivity index (χ3v) is 6.22. The molecule has 0 aromatic carbocycles. The summed E-state index contributed by atoms with van der Waals surface area (Å²) in [6.07, 6.45) is 6.71. The molecule has 2 aromatic rings. The van der Waals surface area contributed by atoms with E-state index in [0.717, 1.165) is 48.2 Å². The molecular weight excluding hydrogens is 322 g/mol. The van der Waals surface area contributed by atoms with E-state index in [1.807, 2.05) is 0 Å². The lowest BCUT2D eigenvalue weighted by Crippen LogP contribution is -2.31. The zero-order valence-corrected chi connectivity index (χ0v) is 14.8. The number of carbonyl (C=O) groups excluding carboxylic acids is 1. The number of nitrogen functional groups attached to an aromatic ring is 1. The Balaban J connectivity index is 1.66. The summed E-state index contributed by atoms with van der Waals surface area (Å²) < 4.78 is 5.56. The van der Waals surface area contributed by atoms with Crippen molar-refractivity contribution in [2.24, 2.45) is 0 Å². The van der Waals surface area contributed by atoms with Gasteiger partial charge in [0.05, 0.1) is 11.8 Å². The standard InChI is InChI=1S/C18H23N3O2S/c1-10-12-6-2-3-7-13(12)14-15(19)16(24-18(14)21-10)17(22)20-9-11-5-4-8-23-11/h11H,2-9,19H2,1H3,(H,20,22). The van der Waals surface area contributed by atoms with Gasteiger partial charge in [0.25, 0.3) is 5.91 Å². The Hall–Kier alpha value is -1.66. The fourth-order valence-corrected chi connectivity index (χ4v) is 4.95. The van der Waals surface area contributed by atoms with Crippen LogP contribution in [0, 0.1) is 6.92 Å². The van der Waals surface area contributed by atoms with Crippen molar-refractivity contribution in [3.05, 3.63) is 21.7 Å². The molecule has 2 aliphatic rings. The molecule has 1 aliphatic carbocycles. The molecule has 3 heterocycles. The molecule has 128 valence electrons. The van der Waals surface area contributed by atoms with Crippen molar-refractivity contribution in [2.45, 2.75) is 51.6 Å². The SMILES string of the molecule is Cc1nc2sc(C(=O)NCC3CCCO3)c(N)c2c2c1CCCC2. The summed E-state index contributed by atoms with van der Waals surface area (Å²) in [5.74, 6) is -0.104. The Labute approximate surface area is 145 Å². The van der Waals surface area contributed by atoms with Crippen LogP contribution >= 0.6 is 11.3 Å². The average Bonchev–Trinajstić information content (AvgIpc) is 3.21. The van der Waals surface area contributed by atoms with Crippen LogP contribution in [0.4, 0.5) is 5.69 Å². The number of thiophene rings is 1. The molecule has 6 heteroatoms. The van der Waals surface area contributed by atoms with Gasteiger partial charge in [-0.05, 0) is 56.6 Å². The van der Waals surface area contributed by atoms with Crippen molar-refractivity contribution in [3.8, 4) is 0 Å². The number of fused-ring (bicyclic) bond motifs is 3. The summed E-state index contributed by atoms with van der Waals surface area (Å²) in [6.45, 7) is 3.41. The van der Waals surface area contributed by atoms with Crippen molar-refractivity contribution in [1.29, 1.82) is 0 Å². The summed E-state index contributed by atoms with van der Waals surface area (Å²) in [4.78, 5) is 18.8. The summed E-state index contributed by atoms with van der Waals surface area (Å²) in [5, 5.41) is 3.99. The van der Waals surface area contributed by atoms with Gasteiger partial charge in [-0.15, -0.1) is 11.3 Å². The van der Waals surface area contributed by atoms with E-state index in [2.05, 4.69) is 12.2 Å². The summed E-state index contributed by atoms with van der Waals surface area (Å²) >= 11 is 1.41. The number of nitrogens with zero attached hydrogens (tertiary/aromatic N) is 1. The first-order valence-electron chi connectivity index (χ1n) is 8.75. The van der Waals surface area contributed by atoms with E-state index in [1.165, 1.54) is 35.3 Å². The summed E-state index contributed by atoms with van der Waals surface area (Å²) in [5.41, 5.74) is 10.7. The molecule has 24 heavy (non-hydrogen) atoms. The van der Waals surface area contributed by atoms with Gasteiger partial charge in [-0.2, -0.15) is 0 Å². The fraction of sp³-hybridized carbons (Fsp3) is 0.556. The van der Waals surface area contributed by atoms with Crippen LogP contribution in [0.2, 0.25) is 0 Å². The lowest BCUT2D eigenvalue weighted by atomic mass is 9.89. The van der Waals surface area contributed by atoms with Crippen molar-refractivity contribution in [3.63, 3.8) is 0 Å². The number of nitrogens with two attached hydrogens (primary N) is 1. The average molecular weight is 345 g/mol. The maximum Gasteiger partial charge on any atom is 0.263 e. The maximum absolute atomic E-state index is 12.6. The molecule has 4 rings (SSSR count). The number of ether oxygens (including phenoxy) is 1. The summed E-state index contributed by atoms with van der Waals surface area (Å²) in [6, 6.07) is 0. The van der Waals surface area contributed by atoms with E-state index in [4.69, 9.17) is 15.5 Å². The molecular formula is C18H23N3O2S. The van der Waals surface area contributed by atoms with E-state index in [0.29, 0.717) is 17.1 Å². The predicted molar refractivity (Wildman–Crippen MR) is 96.7 cm³/mol. The molecule has 0 radical (unpaired) electrons. The predicted octanol–water partition coefficient (Wildman–Crippen LogP) is 2.97. The van der Waals surface area contributed by atoms with E-state index in [1.54, 1.807) is 0 Å². The van der Waals surface area contributed by atoms with Gasteiger partial charge in [0.1, 0.15) is 9.71 Å². The second-order valence-electron chi connectivity index (χ2n) is 6.73. The van der Waals surface area contributed by atoms with Gasteiger partial charge in [-0.3, -0.25) is 4.79 Å². The van der Waals surface area contributed by atoms with E-state index >= 15 is 0 Å². The number of pyridine rings is 1. The lowest BCUT2D eigenvalue weighted by molar-refractivity contribution is 0.0862. The number of anilines is 1. The third kappa shape index (κ3) is 2.67. The fourth-order valence-electron chi connectivity index (χ4n) is 3.86. The van der Waals surface area contributed by atoms with Crippen molar-refractivity contribution in [2.75, 3.05) is 18.9 Å². The van der Waals surface area contributed by atoms with Gasteiger partial charge < -0.3 is 15.8 Å². The molecule has 1 aliphatic heterocycles. The Morgan fingerprint density at radius 3 is 2.88 bits per heavy atom. The molecule has 0 spiro atoms. The van der Waals surface area contributed by atoms with Crippen LogP contribution in [0.5, 0.6) is 0 Å². The number of aryl methyl sites for hydroxylation is 2. The second kappa shape index (κ2) is 6.33. The monoisotopic (exact) mass is 345 g/mol. The number of nitrogens with one attached hydrogen (secondary N) is 1. The van der Waals surface area contributed by atoms with Crippen LogP contribution in [-0.4, -0.2) is 30.1 Å². The van der Waals surface area contributed by atoms with Gasteiger partial charge in [-0.1, -0.05) is 0 Å². The van der Waals surface area contributed by atoms with E-state index in [-0.39, 0.29) is 12.0 Å². The Bertz CT molecular complexity index is 793. The molecule has 1 unspecified atom stereocenters. The van der Waals surface area contributed by atoms with Crippen molar-refractivity contribution in [1.82, 2.24) is 10.3 Å². The van der Waals surface area contributed by atoms with Crippen molar-refractivity contribution < 1.29 is 9.53 Å². The first-order valence-corrected chi connectivity index (χ1v) is 9.57. The molecule has 1 saturated heterocycles. The lowest BCUT2D eigenvalue weighted by Gasteiger charge is -2.18. The zero-order valence-electron chi connectivity index (χ0n) is 14.0. The van der Waals surface area contributed by atoms with Crippen LogP contribution in [0.25, 0.3) is 10.2 Å². The number of amides is 1. The van der Waals surface area contributed by atoms with Gasteiger partial charge in [-0.25, -0.2) is 4.98 Å². The molecule has 1 fully saturated rings. The Kier molecular flexibility index (Phi) is 4.18. The highest BCUT2D eigenvalue weighted by molar-refractivity contribution is 7.21. The first kappa shape index (κ1) is 15.8. The highest BCUT2D eigenvalue weighted by Gasteiger charge is 2.24. The van der Waals surface area contributed by atoms with Crippen LogP contribution < -0.4 is 11.1 Å². The molecule has 2 aromatic heterocycles. The van der Waals surface area contributed by atoms with Gasteiger partial charge >= 0.3 is 0 Å². The normalized spacial score (nSPS) is 20.3. The Morgan fingerprint density at radius 1 is 1.33 bits per heavy atom. The van der Waals surface area contributed by atoms with Gasteiger partial charge in [0.15, 0.2) is 0 Å². The van der Waals surface area contributed by atoms with Crippen molar-refractivity contribution >= 4 is 33.1 Å². The largest absolute Gasteiger partial charge is 0.397 e. The maximum atomic E-state index is 12.6. The molecule has 5 nitrogen and oxygen atoms in total. The first-order chi connectivity index (χ1) is 11.6. The van der Waals surface area contributed by atoms with Crippen LogP contribution in [0.1, 0.15) is 52.2 Å². The van der Waals surface area contributed by atoms with Crippen LogP contribution in [-0.2, 0) is 17.6 Å². The number of hydrogen-bond acceptors (Lipinski definition) is 5. The van der Waals surface area contributed by atoms with E-state index < -0.39 is 0 Å². The van der Waals surface area contributed by atoms with Crippen LogP contribution in [0.3, 0.4) is 0 Å². The molecule has 1 amide bonds. The zero-order chi connectivity index (χ0) is 16.7. The second-order valence-corrected chi connectivity index (χ2v) is 7.73. The van der Waals surface area contributed by atoms with Crippen LogP contribution in [0.15, 0.2) is 0 Å². The number of hydrogen-bond donors (Lipinski definition) is 2. The molecule has 0 bridgehead atoms. The highest BCUT2D eigenvalue weighted by atomic mass is 32.1. The minimum atomic E-state index is -0.104. The quantitative estimate of drug-likeness (QED) is 0.896. The van der Waals surface area contributed by atoms with Gasteiger partial charge in [0, 0.05) is 24.2 Å². The third-order valence-electron chi connectivity index (χ3n) is 5.12. The number of rotatable bonds is 3. The molecule has 0 saturated carbocycles. The molecule has 3 N–H and O–H groups in total. The van der Waals surface area contributed by atoms with E-state index in [9.17, 15) is 4.79 Å². The summed E-state index contributed by atoms with van der Waals surface area (Å²) in [7, 11) is 0. The number of aromatic nitrogens is 1.